The van der Waals surface area contributed by atoms with Gasteiger partial charge in [0, 0.05) is 32.0 Å². The fourth-order valence-electron chi connectivity index (χ4n) is 1.64. The molecular formula is C15H24N2O4. The lowest BCUT2D eigenvalue weighted by Crippen LogP contribution is -2.13. The molecule has 2 N–H and O–H groups in total. The minimum atomic E-state index is -0.0797. The van der Waals surface area contributed by atoms with Gasteiger partial charge in [-0.1, -0.05) is 6.07 Å². The van der Waals surface area contributed by atoms with Crippen molar-refractivity contribution in [1.82, 2.24) is 0 Å². The van der Waals surface area contributed by atoms with Crippen LogP contribution < -0.4 is 10.6 Å². The van der Waals surface area contributed by atoms with Gasteiger partial charge in [-0.05, 0) is 18.2 Å². The van der Waals surface area contributed by atoms with Gasteiger partial charge in [0.1, 0.15) is 0 Å². The highest BCUT2D eigenvalue weighted by molar-refractivity contribution is 5.89. The molecule has 6 heteroatoms. The molecule has 6 nitrogen and oxygen atoms in total. The van der Waals surface area contributed by atoms with Crippen molar-refractivity contribution in [2.24, 2.45) is 0 Å². The number of benzene rings is 1. The van der Waals surface area contributed by atoms with Gasteiger partial charge in [0.2, 0.25) is 5.91 Å². The van der Waals surface area contributed by atoms with Crippen molar-refractivity contribution in [3.8, 4) is 0 Å². The Labute approximate surface area is 125 Å². The van der Waals surface area contributed by atoms with E-state index in [0.717, 1.165) is 11.4 Å². The third-order valence-corrected chi connectivity index (χ3v) is 2.56. The first-order valence-electron chi connectivity index (χ1n) is 6.98. The summed E-state index contributed by atoms with van der Waals surface area (Å²) >= 11 is 0. The van der Waals surface area contributed by atoms with Gasteiger partial charge < -0.3 is 24.8 Å². The predicted molar refractivity (Wildman–Crippen MR) is 82.7 cm³/mol. The van der Waals surface area contributed by atoms with Gasteiger partial charge in [0.25, 0.3) is 0 Å². The number of hydrogen-bond donors (Lipinski definition) is 2. The van der Waals surface area contributed by atoms with Crippen LogP contribution in [0, 0.1) is 0 Å². The molecule has 1 aromatic rings. The third-order valence-electron chi connectivity index (χ3n) is 2.56. The monoisotopic (exact) mass is 296 g/mol. The molecule has 0 bridgehead atoms. The standard InChI is InChI=1S/C15H24N2O4/c1-13(18)17-15-5-3-4-14(12-15)16-6-7-20-10-11-21-9-8-19-2/h3-5,12,16H,6-11H2,1-2H3,(H,17,18). The third kappa shape index (κ3) is 9.01. The predicted octanol–water partition coefficient (Wildman–Crippen LogP) is 1.74. The second-order valence-corrected chi connectivity index (χ2v) is 4.41. The molecule has 0 unspecified atom stereocenters. The van der Waals surface area contributed by atoms with E-state index in [-0.39, 0.29) is 5.91 Å². The number of anilines is 2. The van der Waals surface area contributed by atoms with E-state index in [2.05, 4.69) is 10.6 Å². The first kappa shape index (κ1) is 17.4. The second-order valence-electron chi connectivity index (χ2n) is 4.41. The van der Waals surface area contributed by atoms with E-state index >= 15 is 0 Å². The van der Waals surface area contributed by atoms with Crippen LogP contribution in [0.25, 0.3) is 0 Å². The number of hydrogen-bond acceptors (Lipinski definition) is 5. The summed E-state index contributed by atoms with van der Waals surface area (Å²) < 4.78 is 15.6. The Morgan fingerprint density at radius 3 is 2.43 bits per heavy atom. The van der Waals surface area contributed by atoms with Gasteiger partial charge in [-0.3, -0.25) is 4.79 Å². The van der Waals surface area contributed by atoms with Crippen molar-refractivity contribution in [2.75, 3.05) is 57.3 Å². The van der Waals surface area contributed by atoms with Crippen LogP contribution in [0.1, 0.15) is 6.92 Å². The molecule has 0 fully saturated rings. The molecule has 0 aliphatic rings. The number of carbonyl (C=O) groups excluding carboxylic acids is 1. The Morgan fingerprint density at radius 1 is 1.05 bits per heavy atom. The lowest BCUT2D eigenvalue weighted by molar-refractivity contribution is -0.114. The van der Waals surface area contributed by atoms with Gasteiger partial charge in [0.15, 0.2) is 0 Å². The summed E-state index contributed by atoms with van der Waals surface area (Å²) in [4.78, 5) is 11.0. The highest BCUT2D eigenvalue weighted by Gasteiger charge is 1.97. The molecule has 1 amide bonds. The van der Waals surface area contributed by atoms with E-state index in [0.29, 0.717) is 39.6 Å². The molecule has 0 atom stereocenters. The molecule has 0 aliphatic heterocycles. The first-order chi connectivity index (χ1) is 10.2. The average molecular weight is 296 g/mol. The van der Waals surface area contributed by atoms with E-state index in [1.54, 1.807) is 7.11 Å². The Balaban J connectivity index is 2.08. The van der Waals surface area contributed by atoms with Gasteiger partial charge in [-0.25, -0.2) is 0 Å². The molecular weight excluding hydrogens is 272 g/mol. The van der Waals surface area contributed by atoms with Crippen molar-refractivity contribution in [3.05, 3.63) is 24.3 Å². The Kier molecular flexibility index (Phi) is 9.19. The molecule has 0 saturated heterocycles. The number of methoxy groups -OCH3 is 1. The number of carbonyl (C=O) groups is 1. The van der Waals surface area contributed by atoms with E-state index < -0.39 is 0 Å². The zero-order valence-corrected chi connectivity index (χ0v) is 12.7. The summed E-state index contributed by atoms with van der Waals surface area (Å²) in [6.45, 7) is 5.11. The number of ether oxygens (including phenoxy) is 3. The second kappa shape index (κ2) is 11.1. The summed E-state index contributed by atoms with van der Waals surface area (Å²) in [5.74, 6) is -0.0797. The molecule has 0 saturated carbocycles. The van der Waals surface area contributed by atoms with Crippen molar-refractivity contribution in [2.45, 2.75) is 6.92 Å². The van der Waals surface area contributed by atoms with Crippen molar-refractivity contribution in [1.29, 1.82) is 0 Å². The summed E-state index contributed by atoms with van der Waals surface area (Å²) in [5, 5.41) is 5.98. The van der Waals surface area contributed by atoms with E-state index in [4.69, 9.17) is 14.2 Å². The topological polar surface area (TPSA) is 68.8 Å². The van der Waals surface area contributed by atoms with E-state index in [1.165, 1.54) is 6.92 Å². The highest BCUT2D eigenvalue weighted by Crippen LogP contribution is 2.14. The Bertz CT molecular complexity index is 412. The van der Waals surface area contributed by atoms with E-state index in [9.17, 15) is 4.79 Å². The zero-order valence-electron chi connectivity index (χ0n) is 12.7. The minimum Gasteiger partial charge on any atom is -0.383 e. The van der Waals surface area contributed by atoms with Crippen molar-refractivity contribution >= 4 is 17.3 Å². The quantitative estimate of drug-likeness (QED) is 0.609. The maximum Gasteiger partial charge on any atom is 0.221 e. The number of amides is 1. The fraction of sp³-hybridized carbons (Fsp3) is 0.533. The number of nitrogens with one attached hydrogen (secondary N) is 2. The van der Waals surface area contributed by atoms with Crippen LogP contribution in [0.5, 0.6) is 0 Å². The van der Waals surface area contributed by atoms with Crippen LogP contribution in [0.4, 0.5) is 11.4 Å². The largest absolute Gasteiger partial charge is 0.383 e. The van der Waals surface area contributed by atoms with Gasteiger partial charge in [-0.2, -0.15) is 0 Å². The lowest BCUT2D eigenvalue weighted by Gasteiger charge is -2.09. The zero-order chi connectivity index (χ0) is 15.3. The lowest BCUT2D eigenvalue weighted by atomic mass is 10.2. The molecule has 0 spiro atoms. The van der Waals surface area contributed by atoms with Crippen LogP contribution in [-0.2, 0) is 19.0 Å². The smallest absolute Gasteiger partial charge is 0.221 e. The van der Waals surface area contributed by atoms with Crippen LogP contribution in [0.2, 0.25) is 0 Å². The molecule has 0 aliphatic carbocycles. The molecule has 0 heterocycles. The van der Waals surface area contributed by atoms with Crippen molar-refractivity contribution in [3.63, 3.8) is 0 Å². The minimum absolute atomic E-state index is 0.0797. The van der Waals surface area contributed by atoms with Crippen molar-refractivity contribution < 1.29 is 19.0 Å². The van der Waals surface area contributed by atoms with Crippen LogP contribution >= 0.6 is 0 Å². The Hall–Kier alpha value is -1.63. The molecule has 1 aromatic carbocycles. The Morgan fingerprint density at radius 2 is 1.71 bits per heavy atom. The summed E-state index contributed by atoms with van der Waals surface area (Å²) in [6.07, 6.45) is 0. The maximum atomic E-state index is 11.0. The van der Waals surface area contributed by atoms with E-state index in [1.807, 2.05) is 24.3 Å². The molecule has 0 radical (unpaired) electrons. The first-order valence-corrected chi connectivity index (χ1v) is 6.98. The van der Waals surface area contributed by atoms with Gasteiger partial charge in [0.05, 0.1) is 33.0 Å². The summed E-state index contributed by atoms with van der Waals surface area (Å²) in [6, 6.07) is 7.56. The van der Waals surface area contributed by atoms with Crippen LogP contribution in [0.15, 0.2) is 24.3 Å². The molecule has 0 aromatic heterocycles. The summed E-state index contributed by atoms with van der Waals surface area (Å²) in [5.41, 5.74) is 1.72. The fourth-order valence-corrected chi connectivity index (χ4v) is 1.64. The molecule has 21 heavy (non-hydrogen) atoms. The maximum absolute atomic E-state index is 11.0. The van der Waals surface area contributed by atoms with Gasteiger partial charge in [-0.15, -0.1) is 0 Å². The normalized spacial score (nSPS) is 10.4. The highest BCUT2D eigenvalue weighted by atomic mass is 16.5. The summed E-state index contributed by atoms with van der Waals surface area (Å²) in [7, 11) is 1.65. The van der Waals surface area contributed by atoms with Gasteiger partial charge >= 0.3 is 0 Å². The molecule has 1 rings (SSSR count). The van der Waals surface area contributed by atoms with Crippen LogP contribution in [0.3, 0.4) is 0 Å². The SMILES string of the molecule is COCCOCCOCCNc1cccc(NC(C)=O)c1. The molecule has 118 valence electrons. The number of rotatable bonds is 11. The van der Waals surface area contributed by atoms with Crippen LogP contribution in [-0.4, -0.2) is 52.6 Å². The average Bonchev–Trinajstić information content (AvgIpc) is 2.45.